The Hall–Kier alpha value is -2.81. The Morgan fingerprint density at radius 1 is 1.14 bits per heavy atom. The molecule has 5 rings (SSSR count). The number of rotatable bonds is 6. The number of thiophene rings is 1. The highest BCUT2D eigenvalue weighted by Crippen LogP contribution is 2.30. The lowest BCUT2D eigenvalue weighted by atomic mass is 10.1. The number of hydrogen-bond donors (Lipinski definition) is 3. The minimum absolute atomic E-state index is 0.00489. The summed E-state index contributed by atoms with van der Waals surface area (Å²) in [5, 5.41) is 25.5. The highest BCUT2D eigenvalue weighted by Gasteiger charge is 2.12. The van der Waals surface area contributed by atoms with Crippen LogP contribution >= 0.6 is 22.7 Å². The summed E-state index contributed by atoms with van der Waals surface area (Å²) < 4.78 is 1.31. The molecule has 0 amide bonds. The van der Waals surface area contributed by atoms with Crippen molar-refractivity contribution in [2.24, 2.45) is 5.73 Å². The first-order valence-electron chi connectivity index (χ1n) is 9.40. The average Bonchev–Trinajstić information content (AvgIpc) is 3.46. The lowest BCUT2D eigenvalue weighted by molar-refractivity contribution is 0.702. The molecule has 29 heavy (non-hydrogen) atoms. The SMILES string of the molecule is Cc1[nH]nc2ccc(-c3nnc(NC[C@@H](N)Cc4csc5ccccc45)s3)cc12. The van der Waals surface area contributed by atoms with E-state index in [2.05, 4.69) is 61.4 Å². The van der Waals surface area contributed by atoms with Gasteiger partial charge in [0.2, 0.25) is 5.13 Å². The van der Waals surface area contributed by atoms with Crippen LogP contribution in [-0.4, -0.2) is 33.0 Å². The highest BCUT2D eigenvalue weighted by molar-refractivity contribution is 7.18. The molecule has 0 aliphatic carbocycles. The summed E-state index contributed by atoms with van der Waals surface area (Å²) in [6, 6.07) is 14.6. The Kier molecular flexibility index (Phi) is 4.75. The summed E-state index contributed by atoms with van der Waals surface area (Å²) in [6.45, 7) is 2.67. The fourth-order valence-electron chi connectivity index (χ4n) is 3.45. The van der Waals surface area contributed by atoms with Crippen molar-refractivity contribution in [3.05, 3.63) is 59.1 Å². The van der Waals surface area contributed by atoms with Crippen LogP contribution in [0.3, 0.4) is 0 Å². The van der Waals surface area contributed by atoms with Crippen LogP contribution in [0.4, 0.5) is 5.13 Å². The third-order valence-electron chi connectivity index (χ3n) is 4.98. The Morgan fingerprint density at radius 3 is 2.97 bits per heavy atom. The summed E-state index contributed by atoms with van der Waals surface area (Å²) >= 11 is 3.31. The quantitative estimate of drug-likeness (QED) is 0.374. The number of aryl methyl sites for hydroxylation is 1. The zero-order valence-corrected chi connectivity index (χ0v) is 17.5. The number of nitrogens with zero attached hydrogens (tertiary/aromatic N) is 3. The number of benzene rings is 2. The van der Waals surface area contributed by atoms with Gasteiger partial charge in [-0.05, 0) is 53.9 Å². The molecule has 5 aromatic rings. The van der Waals surface area contributed by atoms with E-state index in [1.807, 2.05) is 19.1 Å². The van der Waals surface area contributed by atoms with E-state index in [-0.39, 0.29) is 6.04 Å². The van der Waals surface area contributed by atoms with E-state index in [1.165, 1.54) is 27.0 Å². The van der Waals surface area contributed by atoms with E-state index >= 15 is 0 Å². The van der Waals surface area contributed by atoms with Crippen molar-refractivity contribution in [3.8, 4) is 10.6 Å². The lowest BCUT2D eigenvalue weighted by Crippen LogP contribution is -2.31. The molecule has 146 valence electrons. The molecular weight excluding hydrogens is 400 g/mol. The molecule has 0 saturated heterocycles. The fraction of sp³-hybridized carbons (Fsp3) is 0.190. The molecule has 3 heterocycles. The molecule has 0 bridgehead atoms. The lowest BCUT2D eigenvalue weighted by Gasteiger charge is -2.11. The third-order valence-corrected chi connectivity index (χ3v) is 6.92. The normalized spacial score (nSPS) is 12.6. The van der Waals surface area contributed by atoms with E-state index < -0.39 is 0 Å². The molecule has 8 heteroatoms. The van der Waals surface area contributed by atoms with Crippen molar-refractivity contribution < 1.29 is 0 Å². The predicted molar refractivity (Wildman–Crippen MR) is 122 cm³/mol. The number of H-pyrrole nitrogens is 1. The fourth-order valence-corrected chi connectivity index (χ4v) is 5.17. The van der Waals surface area contributed by atoms with Gasteiger partial charge >= 0.3 is 0 Å². The molecule has 4 N–H and O–H groups in total. The Morgan fingerprint density at radius 2 is 2.03 bits per heavy atom. The molecular formula is C21H20N6S2. The van der Waals surface area contributed by atoms with Crippen molar-refractivity contribution in [1.82, 2.24) is 20.4 Å². The Bertz CT molecular complexity index is 1280. The van der Waals surface area contributed by atoms with Crippen molar-refractivity contribution in [1.29, 1.82) is 0 Å². The van der Waals surface area contributed by atoms with Crippen molar-refractivity contribution in [2.75, 3.05) is 11.9 Å². The van der Waals surface area contributed by atoms with Crippen molar-refractivity contribution in [3.63, 3.8) is 0 Å². The number of hydrogen-bond acceptors (Lipinski definition) is 7. The van der Waals surface area contributed by atoms with E-state index in [0.29, 0.717) is 6.54 Å². The zero-order chi connectivity index (χ0) is 19.8. The number of aromatic nitrogens is 4. The van der Waals surface area contributed by atoms with Gasteiger partial charge < -0.3 is 11.1 Å². The second-order valence-electron chi connectivity index (χ2n) is 7.10. The van der Waals surface area contributed by atoms with Crippen LogP contribution in [0, 0.1) is 6.92 Å². The molecule has 0 aliphatic rings. The standard InChI is InChI=1S/C21H20N6S2/c1-12-17-9-13(6-7-18(17)25-24-12)20-26-27-21(29-20)23-10-15(22)8-14-11-28-19-5-3-2-4-16(14)19/h2-7,9,11,15H,8,10,22H2,1H3,(H,23,27)(H,24,25)/t15-/m0/s1. The first-order chi connectivity index (χ1) is 14.2. The number of anilines is 1. The van der Waals surface area contributed by atoms with Crippen LogP contribution in [0.15, 0.2) is 47.8 Å². The van der Waals surface area contributed by atoms with Crippen molar-refractivity contribution in [2.45, 2.75) is 19.4 Å². The van der Waals surface area contributed by atoms with Gasteiger partial charge in [-0.1, -0.05) is 29.5 Å². The van der Waals surface area contributed by atoms with Gasteiger partial charge in [0.15, 0.2) is 0 Å². The van der Waals surface area contributed by atoms with Crippen LogP contribution in [0.1, 0.15) is 11.3 Å². The van der Waals surface area contributed by atoms with Gasteiger partial charge in [0.05, 0.1) is 5.52 Å². The molecule has 0 aliphatic heterocycles. The van der Waals surface area contributed by atoms with Gasteiger partial charge in [0.1, 0.15) is 5.01 Å². The number of aromatic amines is 1. The maximum absolute atomic E-state index is 6.38. The topological polar surface area (TPSA) is 92.5 Å². The van der Waals surface area contributed by atoms with Crippen molar-refractivity contribution >= 4 is 48.8 Å². The van der Waals surface area contributed by atoms with E-state index in [0.717, 1.165) is 38.7 Å². The summed E-state index contributed by atoms with van der Waals surface area (Å²) in [4.78, 5) is 0. The Balaban J connectivity index is 1.25. The number of fused-ring (bicyclic) bond motifs is 2. The maximum atomic E-state index is 6.38. The molecule has 0 radical (unpaired) electrons. The maximum Gasteiger partial charge on any atom is 0.206 e. The molecule has 0 fully saturated rings. The minimum atomic E-state index is 0.00489. The first kappa shape index (κ1) is 18.2. The van der Waals surface area contributed by atoms with E-state index in [9.17, 15) is 0 Å². The monoisotopic (exact) mass is 420 g/mol. The molecule has 0 unspecified atom stereocenters. The van der Waals surface area contributed by atoms with Gasteiger partial charge in [-0.3, -0.25) is 5.10 Å². The van der Waals surface area contributed by atoms with Gasteiger partial charge in [0, 0.05) is 33.9 Å². The summed E-state index contributed by atoms with van der Waals surface area (Å²) in [5.41, 5.74) is 10.7. The van der Waals surface area contributed by atoms with Gasteiger partial charge in [-0.25, -0.2) is 0 Å². The molecule has 0 spiro atoms. The number of nitrogens with two attached hydrogens (primary N) is 1. The second kappa shape index (κ2) is 7.55. The average molecular weight is 421 g/mol. The van der Waals surface area contributed by atoms with E-state index in [1.54, 1.807) is 11.3 Å². The molecule has 3 aromatic heterocycles. The summed E-state index contributed by atoms with van der Waals surface area (Å²) in [6.07, 6.45) is 0.832. The van der Waals surface area contributed by atoms with Crippen LogP contribution in [0.5, 0.6) is 0 Å². The van der Waals surface area contributed by atoms with E-state index in [4.69, 9.17) is 5.73 Å². The third kappa shape index (κ3) is 3.62. The molecule has 6 nitrogen and oxygen atoms in total. The zero-order valence-electron chi connectivity index (χ0n) is 15.8. The van der Waals surface area contributed by atoms with Crippen LogP contribution in [0.25, 0.3) is 31.6 Å². The molecule has 1 atom stereocenters. The van der Waals surface area contributed by atoms with Gasteiger partial charge in [-0.15, -0.1) is 21.5 Å². The second-order valence-corrected chi connectivity index (χ2v) is 8.98. The predicted octanol–water partition coefficient (Wildman–Crippen LogP) is 4.59. The largest absolute Gasteiger partial charge is 0.359 e. The molecule has 0 saturated carbocycles. The van der Waals surface area contributed by atoms with Gasteiger partial charge in [-0.2, -0.15) is 5.10 Å². The van der Waals surface area contributed by atoms with Crippen LogP contribution in [-0.2, 0) is 6.42 Å². The van der Waals surface area contributed by atoms with Crippen LogP contribution < -0.4 is 11.1 Å². The minimum Gasteiger partial charge on any atom is -0.359 e. The highest BCUT2D eigenvalue weighted by atomic mass is 32.1. The van der Waals surface area contributed by atoms with Gasteiger partial charge in [0.25, 0.3) is 0 Å². The Labute approximate surface area is 175 Å². The summed E-state index contributed by atoms with van der Waals surface area (Å²) in [7, 11) is 0. The van der Waals surface area contributed by atoms with Crippen LogP contribution in [0.2, 0.25) is 0 Å². The smallest absolute Gasteiger partial charge is 0.206 e. The first-order valence-corrected chi connectivity index (χ1v) is 11.1. The number of nitrogens with one attached hydrogen (secondary N) is 2. The molecule has 2 aromatic carbocycles. The summed E-state index contributed by atoms with van der Waals surface area (Å²) in [5.74, 6) is 0.